The van der Waals surface area contributed by atoms with Crippen LogP contribution in [-0.2, 0) is 75.1 Å². The summed E-state index contributed by atoms with van der Waals surface area (Å²) >= 11 is 0. The van der Waals surface area contributed by atoms with Crippen LogP contribution in [0.25, 0.3) is 0 Å². The monoisotopic (exact) mass is 1410 g/mol. The molecule has 4 rings (SSSR count). The minimum Gasteiger partial charge on any atom is -0.480 e. The molecule has 0 saturated carbocycles. The van der Waals surface area contributed by atoms with Crippen LogP contribution in [0.4, 0.5) is 23.7 Å². The van der Waals surface area contributed by atoms with E-state index in [9.17, 15) is 71.0 Å². The smallest absolute Gasteiger partial charge is 0.480 e. The molecule has 2 aliphatic heterocycles. The van der Waals surface area contributed by atoms with E-state index in [4.69, 9.17) is 25.1 Å². The van der Waals surface area contributed by atoms with Crippen LogP contribution in [0.5, 0.6) is 0 Å². The summed E-state index contributed by atoms with van der Waals surface area (Å²) in [5, 5.41) is 33.9. The molecule has 2 heterocycles. The lowest BCUT2D eigenvalue weighted by Gasteiger charge is -2.41. The van der Waals surface area contributed by atoms with Crippen molar-refractivity contribution in [2.75, 3.05) is 59.8 Å². The van der Waals surface area contributed by atoms with E-state index in [2.05, 4.69) is 31.9 Å². The number of halogens is 3. The van der Waals surface area contributed by atoms with E-state index in [1.54, 1.807) is 74.0 Å². The van der Waals surface area contributed by atoms with Gasteiger partial charge in [-0.15, -0.1) is 0 Å². The molecule has 1 saturated heterocycles. The number of anilines is 1. The van der Waals surface area contributed by atoms with Crippen molar-refractivity contribution in [3.8, 4) is 0 Å². The highest BCUT2D eigenvalue weighted by Gasteiger charge is 2.44. The van der Waals surface area contributed by atoms with E-state index in [-0.39, 0.29) is 104 Å². The number of nitrogens with two attached hydrogens (primary N) is 1. The number of nitrogens with zero attached hydrogens (tertiary/aromatic N) is 4. The van der Waals surface area contributed by atoms with Crippen molar-refractivity contribution in [1.82, 2.24) is 46.2 Å². The standard InChI is InChI=1S/C68H105N11O14.C2HF3O2/c1-14-44(8)60(52(92-12)40-56(83)78-37-22-26-51(78)61(93-13)45(9)62(84)73-50(67(89)90)39-47-23-17-15-18-24-47)77(11)66(88)58(42(4)5)75-65(87)59(43(6)7)76(10)38-34-46-28-30-48(31-29-46)71-63(85)49(25-21-35-70-68(69)91)72-64(86)57(41(2)3)74-53(80)27-19-16-20-36-79-54(81)32-33-55(79)82;3-2(4,5)1(6)7/h15,17-18,23-24,28-33,41-45,49-52,57-61H,14,16,19-22,25-27,34-40H2,1-13H3,(H,71,85)(H,72,86)(H,73,84)(H,74,80)(H,75,87)(H,89,90)(H3,69,70,91);(H,6,7)/t44-,45+,49?,50-,51?,52+,57?,58?,59?,60-,61+;/m0./s1. The van der Waals surface area contributed by atoms with Gasteiger partial charge in [-0.05, 0) is 98.9 Å². The van der Waals surface area contributed by atoms with E-state index < -0.39 is 102 Å². The Morgan fingerprint density at radius 2 is 1.31 bits per heavy atom. The number of nitrogens with one attached hydrogen (secondary N) is 6. The third-order valence-electron chi connectivity index (χ3n) is 18.0. The van der Waals surface area contributed by atoms with Gasteiger partial charge in [0, 0.05) is 78.1 Å². The fourth-order valence-electron chi connectivity index (χ4n) is 12.3. The zero-order valence-electron chi connectivity index (χ0n) is 59.9. The van der Waals surface area contributed by atoms with Crippen molar-refractivity contribution >= 4 is 76.8 Å². The van der Waals surface area contributed by atoms with E-state index in [1.807, 2.05) is 71.7 Å². The van der Waals surface area contributed by atoms with Gasteiger partial charge in [-0.1, -0.05) is 118 Å². The van der Waals surface area contributed by atoms with Gasteiger partial charge in [0.15, 0.2) is 0 Å². The molecule has 27 nitrogen and oxygen atoms in total. The van der Waals surface area contributed by atoms with Crippen molar-refractivity contribution in [1.29, 1.82) is 0 Å². The normalized spacial score (nSPS) is 16.8. The number of urea groups is 1. The number of carbonyl (C=O) groups is 12. The lowest BCUT2D eigenvalue weighted by atomic mass is 9.89. The average Bonchev–Trinajstić information content (AvgIpc) is 1.39. The molecular weight excluding hydrogens is 1310 g/mol. The summed E-state index contributed by atoms with van der Waals surface area (Å²) in [6.45, 7) is 18.0. The van der Waals surface area contributed by atoms with Crippen molar-refractivity contribution < 1.29 is 90.4 Å². The molecule has 1 fully saturated rings. The zero-order chi connectivity index (χ0) is 75.3. The predicted molar refractivity (Wildman–Crippen MR) is 366 cm³/mol. The number of hydrogen-bond donors (Lipinski definition) is 9. The van der Waals surface area contributed by atoms with Crippen LogP contribution in [0.1, 0.15) is 138 Å². The zero-order valence-corrected chi connectivity index (χ0v) is 59.9. The van der Waals surface area contributed by atoms with Crippen LogP contribution >= 0.6 is 0 Å². The summed E-state index contributed by atoms with van der Waals surface area (Å²) in [7, 11) is 6.51. The number of unbranched alkanes of at least 4 members (excludes halogenated alkanes) is 2. The molecule has 10 N–H and O–H groups in total. The maximum Gasteiger partial charge on any atom is 0.490 e. The van der Waals surface area contributed by atoms with Gasteiger partial charge in [0.05, 0.1) is 42.7 Å². The highest BCUT2D eigenvalue weighted by Crippen LogP contribution is 2.30. The number of amides is 11. The van der Waals surface area contributed by atoms with Gasteiger partial charge in [-0.3, -0.25) is 53.0 Å². The number of ether oxygens (including phenoxy) is 2. The minimum absolute atomic E-state index is 0.0900. The summed E-state index contributed by atoms with van der Waals surface area (Å²) in [4.78, 5) is 161. The number of likely N-dealkylation sites (tertiary alicyclic amines) is 1. The number of carboxylic acids is 2. The first-order chi connectivity index (χ1) is 47.0. The van der Waals surface area contributed by atoms with E-state index in [1.165, 1.54) is 26.4 Å². The molecule has 11 amide bonds. The molecule has 100 heavy (non-hydrogen) atoms. The Morgan fingerprint density at radius 3 is 1.84 bits per heavy atom. The highest BCUT2D eigenvalue weighted by atomic mass is 19.4. The van der Waals surface area contributed by atoms with Crippen molar-refractivity contribution in [2.45, 2.75) is 200 Å². The molecule has 558 valence electrons. The second-order valence-corrected chi connectivity index (χ2v) is 26.6. The Bertz CT molecular complexity index is 3070. The third kappa shape index (κ3) is 27.2. The number of benzene rings is 2. The second kappa shape index (κ2) is 41.9. The average molecular weight is 1410 g/mol. The number of likely N-dealkylation sites (N-methyl/N-ethyl adjacent to an activating group) is 2. The van der Waals surface area contributed by atoms with Crippen LogP contribution in [-0.4, -0.2) is 216 Å². The second-order valence-electron chi connectivity index (χ2n) is 26.6. The van der Waals surface area contributed by atoms with Crippen molar-refractivity contribution in [2.24, 2.45) is 35.3 Å². The SMILES string of the molecule is CC[C@H](C)[C@@H]([C@@H](CC(=O)N1CCCC1[C@H](OC)[C@@H](C)C(=O)N[C@@H](Cc1ccccc1)C(=O)O)OC)N(C)C(=O)C(NC(=O)C(C(C)C)N(C)CCc1ccc(NC(=O)C(CCCNC(N)=O)NC(=O)C(NC(=O)CCCCCN2C(=O)C=CC2=O)C(C)C)cc1)C(C)C.O=C(O)C(F)(F)F. The van der Waals surface area contributed by atoms with Gasteiger partial charge in [0.2, 0.25) is 41.4 Å². The maximum atomic E-state index is 14.9. The molecule has 30 heteroatoms. The third-order valence-corrected chi connectivity index (χ3v) is 18.0. The summed E-state index contributed by atoms with van der Waals surface area (Å²) in [5.74, 6) is -9.37. The van der Waals surface area contributed by atoms with Crippen LogP contribution in [0.15, 0.2) is 66.7 Å². The maximum absolute atomic E-state index is 14.9. The number of aliphatic carboxylic acids is 2. The molecule has 0 aromatic heterocycles. The number of alkyl halides is 3. The van der Waals surface area contributed by atoms with E-state index in [0.29, 0.717) is 63.7 Å². The summed E-state index contributed by atoms with van der Waals surface area (Å²) in [6.07, 6.45) is 0.272. The molecule has 2 aromatic carbocycles. The largest absolute Gasteiger partial charge is 0.490 e. The minimum atomic E-state index is -5.08. The number of carbonyl (C=O) groups excluding carboxylic acids is 10. The Balaban J connectivity index is 0.00000351. The Kier molecular flexibility index (Phi) is 35.9. The quantitative estimate of drug-likeness (QED) is 0.0306. The van der Waals surface area contributed by atoms with Crippen LogP contribution < -0.4 is 37.6 Å². The van der Waals surface area contributed by atoms with Crippen LogP contribution in [0, 0.1) is 29.6 Å². The van der Waals surface area contributed by atoms with Gasteiger partial charge >= 0.3 is 24.1 Å². The first-order valence-electron chi connectivity index (χ1n) is 34.1. The molecule has 11 atom stereocenters. The first kappa shape index (κ1) is 85.7. The molecule has 0 radical (unpaired) electrons. The number of imide groups is 1. The molecule has 2 aliphatic rings. The topological polar surface area (TPSA) is 375 Å². The highest BCUT2D eigenvalue weighted by molar-refractivity contribution is 6.12. The molecule has 0 spiro atoms. The first-order valence-corrected chi connectivity index (χ1v) is 34.1. The van der Waals surface area contributed by atoms with Crippen LogP contribution in [0.2, 0.25) is 0 Å². The lowest BCUT2D eigenvalue weighted by molar-refractivity contribution is -0.192. The summed E-state index contributed by atoms with van der Waals surface area (Å²) in [5.41, 5.74) is 7.36. The van der Waals surface area contributed by atoms with Crippen molar-refractivity contribution in [3.63, 3.8) is 0 Å². The molecule has 5 unspecified atom stereocenters. The molecular formula is C70H106F3N11O16. The van der Waals surface area contributed by atoms with E-state index >= 15 is 0 Å². The molecule has 0 aliphatic carbocycles. The number of primary amides is 1. The van der Waals surface area contributed by atoms with Crippen LogP contribution in [0.3, 0.4) is 0 Å². The van der Waals surface area contributed by atoms with Crippen molar-refractivity contribution in [3.05, 3.63) is 77.9 Å². The summed E-state index contributed by atoms with van der Waals surface area (Å²) in [6, 6.07) is 9.55. The Labute approximate surface area is 584 Å². The van der Waals surface area contributed by atoms with Gasteiger partial charge in [-0.25, -0.2) is 14.4 Å². The molecule has 0 bridgehead atoms. The van der Waals surface area contributed by atoms with Gasteiger partial charge < -0.3 is 67.1 Å². The van der Waals surface area contributed by atoms with Gasteiger partial charge in [0.1, 0.15) is 24.2 Å². The fraction of sp³-hybridized carbons (Fsp3) is 0.629. The number of methoxy groups -OCH3 is 2. The number of carboxylic acid groups (broad SMARTS) is 2. The fourth-order valence-corrected chi connectivity index (χ4v) is 12.3. The summed E-state index contributed by atoms with van der Waals surface area (Å²) < 4.78 is 43.8. The van der Waals surface area contributed by atoms with Gasteiger partial charge in [-0.2, -0.15) is 13.2 Å². The number of rotatable bonds is 40. The predicted octanol–water partition coefficient (Wildman–Crippen LogP) is 5.19. The van der Waals surface area contributed by atoms with Gasteiger partial charge in [0.25, 0.3) is 11.8 Å². The lowest BCUT2D eigenvalue weighted by Crippen LogP contribution is -2.60. The molecule has 2 aromatic rings. The van der Waals surface area contributed by atoms with E-state index in [0.717, 1.165) is 16.0 Å². The number of hydrogen-bond acceptors (Lipinski definition) is 15. The Hall–Kier alpha value is -8.51. The Morgan fingerprint density at radius 1 is 0.710 bits per heavy atom.